The minimum absolute atomic E-state index is 0.0594. The van der Waals surface area contributed by atoms with Gasteiger partial charge in [-0.05, 0) is 12.8 Å². The number of carboxylic acid groups (broad SMARTS) is 1. The van der Waals surface area contributed by atoms with E-state index in [4.69, 9.17) is 9.84 Å². The maximum atomic E-state index is 10.4. The first-order chi connectivity index (χ1) is 10.5. The number of hydrogen-bond acceptors (Lipinski definition) is 3. The highest BCUT2D eigenvalue weighted by atomic mass is 16.6. The molecule has 0 unspecified atom stereocenters. The first-order valence-corrected chi connectivity index (χ1v) is 8.71. The molecule has 0 aromatic heterocycles. The Bertz CT molecular complexity index is 324. The van der Waals surface area contributed by atoms with E-state index in [0.29, 0.717) is 6.42 Å². The van der Waals surface area contributed by atoms with Crippen LogP contribution in [0.15, 0.2) is 0 Å². The lowest BCUT2D eigenvalue weighted by atomic mass is 10.0. The predicted molar refractivity (Wildman–Crippen MR) is 85.0 cm³/mol. The Morgan fingerprint density at radius 3 is 2.09 bits per heavy atom. The number of hydrogen-bond donors (Lipinski definition) is 3. The summed E-state index contributed by atoms with van der Waals surface area (Å²) in [4.78, 5) is 10.4. The third-order valence-electron chi connectivity index (χ3n) is 4.53. The Labute approximate surface area is 134 Å². The first-order valence-electron chi connectivity index (χ1n) is 8.71. The van der Waals surface area contributed by atoms with Gasteiger partial charge < -0.3 is 20.3 Å². The second kappa shape index (κ2) is 10.2. The monoisotopic (exact) mass is 315 g/mol. The summed E-state index contributed by atoms with van der Waals surface area (Å²) in [5.41, 5.74) is -0.306. The molecule has 1 aliphatic heterocycles. The molecule has 3 atom stereocenters. The summed E-state index contributed by atoms with van der Waals surface area (Å²) in [6.45, 7) is 1.96. The van der Waals surface area contributed by atoms with Crippen molar-refractivity contribution >= 4 is 5.97 Å². The van der Waals surface area contributed by atoms with Gasteiger partial charge in [0.05, 0.1) is 6.10 Å². The van der Waals surface area contributed by atoms with Crippen LogP contribution < -0.4 is 5.32 Å². The normalized spacial score (nSPS) is 25.1. The fourth-order valence-corrected chi connectivity index (χ4v) is 2.88. The maximum absolute atomic E-state index is 10.4. The molecule has 1 rings (SSSR count). The molecule has 5 nitrogen and oxygen atoms in total. The van der Waals surface area contributed by atoms with E-state index in [1.165, 1.54) is 25.7 Å². The van der Waals surface area contributed by atoms with Crippen LogP contribution in [0.5, 0.6) is 0 Å². The maximum Gasteiger partial charge on any atom is 0.303 e. The number of ether oxygens (including phenoxy) is 1. The number of aliphatic hydroxyl groups is 1. The van der Waals surface area contributed by atoms with Gasteiger partial charge in [0.25, 0.3) is 0 Å². The van der Waals surface area contributed by atoms with E-state index >= 15 is 0 Å². The van der Waals surface area contributed by atoms with E-state index in [1.807, 2.05) is 6.92 Å². The summed E-state index contributed by atoms with van der Waals surface area (Å²) < 4.78 is 5.47. The third kappa shape index (κ3) is 7.56. The second-order valence-corrected chi connectivity index (χ2v) is 6.61. The van der Waals surface area contributed by atoms with Crippen molar-refractivity contribution in [1.29, 1.82) is 0 Å². The molecule has 130 valence electrons. The van der Waals surface area contributed by atoms with Crippen LogP contribution in [0, 0.1) is 7.05 Å². The highest BCUT2D eigenvalue weighted by Crippen LogP contribution is 2.33. The lowest BCUT2D eigenvalue weighted by Crippen LogP contribution is -2.86. The summed E-state index contributed by atoms with van der Waals surface area (Å²) in [6.07, 6.45) is 10.8. The highest BCUT2D eigenvalue weighted by Gasteiger charge is 2.57. The van der Waals surface area contributed by atoms with Crippen LogP contribution in [0.3, 0.4) is 0 Å². The Balaban J connectivity index is 1.81. The van der Waals surface area contributed by atoms with Gasteiger partial charge in [-0.2, -0.15) is 0 Å². The molecular weight excluding hydrogens is 282 g/mol. The van der Waals surface area contributed by atoms with Crippen molar-refractivity contribution in [3.63, 3.8) is 0 Å². The molecule has 0 spiro atoms. The fraction of sp³-hybridized carbons (Fsp3) is 0.882. The summed E-state index contributed by atoms with van der Waals surface area (Å²) >= 11 is 0. The molecule has 5 heteroatoms. The lowest BCUT2D eigenvalue weighted by molar-refractivity contribution is -0.666. The molecule has 1 aliphatic rings. The van der Waals surface area contributed by atoms with Crippen molar-refractivity contribution in [2.24, 2.45) is 0 Å². The number of epoxide rings is 1. The largest absolute Gasteiger partial charge is 0.481 e. The molecule has 0 aromatic carbocycles. The van der Waals surface area contributed by atoms with Crippen LogP contribution in [-0.4, -0.2) is 34.1 Å². The van der Waals surface area contributed by atoms with Gasteiger partial charge in [0.2, 0.25) is 5.72 Å². The molecule has 0 radical (unpaired) electrons. The van der Waals surface area contributed by atoms with Crippen molar-refractivity contribution < 1.29 is 25.1 Å². The van der Waals surface area contributed by atoms with Gasteiger partial charge in [0, 0.05) is 13.3 Å². The van der Waals surface area contributed by atoms with Crippen molar-refractivity contribution in [3.05, 3.63) is 7.05 Å². The number of nitrogens with two attached hydrogens (primary N) is 1. The topological polar surface area (TPSA) is 86.7 Å². The third-order valence-corrected chi connectivity index (χ3v) is 4.53. The zero-order valence-corrected chi connectivity index (χ0v) is 13.9. The average molecular weight is 315 g/mol. The molecule has 0 amide bonds. The van der Waals surface area contributed by atoms with Gasteiger partial charge >= 0.3 is 5.97 Å². The summed E-state index contributed by atoms with van der Waals surface area (Å²) in [6, 6.07) is 0. The minimum atomic E-state index is -0.688. The van der Waals surface area contributed by atoms with Gasteiger partial charge in [-0.1, -0.05) is 51.4 Å². The number of carboxylic acids is 1. The van der Waals surface area contributed by atoms with E-state index in [9.17, 15) is 9.90 Å². The Kier molecular flexibility index (Phi) is 8.98. The molecule has 1 heterocycles. The van der Waals surface area contributed by atoms with Crippen LogP contribution in [-0.2, 0) is 9.53 Å². The zero-order chi connectivity index (χ0) is 16.4. The molecule has 0 aromatic rings. The number of carbonyl (C=O) groups is 1. The van der Waals surface area contributed by atoms with E-state index in [1.54, 1.807) is 5.32 Å². The number of aliphatic carboxylic acids is 1. The van der Waals surface area contributed by atoms with E-state index < -0.39 is 5.97 Å². The van der Waals surface area contributed by atoms with Crippen LogP contribution >= 0.6 is 0 Å². The average Bonchev–Trinajstić information content (AvgIpc) is 3.17. The predicted octanol–water partition coefficient (Wildman–Crippen LogP) is 2.19. The van der Waals surface area contributed by atoms with E-state index in [-0.39, 0.29) is 17.9 Å². The summed E-state index contributed by atoms with van der Waals surface area (Å²) in [5, 5.41) is 20.3. The van der Waals surface area contributed by atoms with Crippen LogP contribution in [0.4, 0.5) is 0 Å². The number of quaternary nitrogens is 1. The fourth-order valence-electron chi connectivity index (χ4n) is 2.88. The van der Waals surface area contributed by atoms with Gasteiger partial charge in [0.15, 0.2) is 6.10 Å². The Morgan fingerprint density at radius 2 is 1.64 bits per heavy atom. The number of aliphatic hydroxyl groups excluding tert-OH is 1. The quantitative estimate of drug-likeness (QED) is 0.260. The minimum Gasteiger partial charge on any atom is -0.481 e. The van der Waals surface area contributed by atoms with Crippen LogP contribution in [0.2, 0.25) is 0 Å². The standard InChI is InChI=1S/C17H33NO4/c1-17(18-2)16(22-17)14(19)12-10-8-6-4-3-5-7-9-11-13-15(20)21/h14,16,19H,2-13,18H2,1H3,(H,20,21)/t14-,16-,17-/m0/s1. The molecule has 4 N–H and O–H groups in total. The van der Waals surface area contributed by atoms with E-state index in [0.717, 1.165) is 38.5 Å². The first kappa shape index (κ1) is 19.4. The Hall–Kier alpha value is -0.650. The zero-order valence-electron chi connectivity index (χ0n) is 13.9. The summed E-state index contributed by atoms with van der Waals surface area (Å²) in [5.74, 6) is -0.688. The highest BCUT2D eigenvalue weighted by molar-refractivity contribution is 5.66. The summed E-state index contributed by atoms with van der Waals surface area (Å²) in [7, 11) is 3.73. The van der Waals surface area contributed by atoms with Gasteiger partial charge in [-0.25, -0.2) is 0 Å². The second-order valence-electron chi connectivity index (χ2n) is 6.61. The van der Waals surface area contributed by atoms with Crippen molar-refractivity contribution in [2.75, 3.05) is 0 Å². The Morgan fingerprint density at radius 1 is 1.14 bits per heavy atom. The number of unbranched alkanes of at least 4 members (excludes halogenated alkanes) is 8. The molecule has 0 bridgehead atoms. The van der Waals surface area contributed by atoms with Gasteiger partial charge in [-0.3, -0.25) is 4.79 Å². The van der Waals surface area contributed by atoms with Crippen molar-refractivity contribution in [2.45, 2.75) is 95.5 Å². The molecular formula is C17H33NO4. The van der Waals surface area contributed by atoms with Crippen molar-refractivity contribution in [1.82, 2.24) is 0 Å². The molecule has 22 heavy (non-hydrogen) atoms. The van der Waals surface area contributed by atoms with E-state index in [2.05, 4.69) is 7.05 Å². The molecule has 0 saturated carbocycles. The SMILES string of the molecule is [CH2-][NH2+][C@@]1(C)O[C@H]1[C@@H](O)CCCCCCCCCCCC(=O)O. The van der Waals surface area contributed by atoms with Crippen molar-refractivity contribution in [3.8, 4) is 0 Å². The number of rotatable bonds is 14. The molecule has 1 fully saturated rings. The lowest BCUT2D eigenvalue weighted by Gasteiger charge is -2.10. The van der Waals surface area contributed by atoms with Crippen LogP contribution in [0.1, 0.15) is 77.6 Å². The van der Waals surface area contributed by atoms with Crippen LogP contribution in [0.25, 0.3) is 0 Å². The molecule has 0 aliphatic carbocycles. The van der Waals surface area contributed by atoms with Gasteiger partial charge in [0.1, 0.15) is 0 Å². The molecule has 1 saturated heterocycles. The smallest absolute Gasteiger partial charge is 0.303 e. The van der Waals surface area contributed by atoms with Gasteiger partial charge in [-0.15, -0.1) is 7.05 Å².